The van der Waals surface area contributed by atoms with Crippen LogP contribution in [0.5, 0.6) is 0 Å². The smallest absolute Gasteiger partial charge is 0.357 e. The number of esters is 1. The molecule has 84 valence electrons. The topological polar surface area (TPSA) is 35.1 Å². The summed E-state index contributed by atoms with van der Waals surface area (Å²) >= 11 is 5.02. The largest absolute Gasteiger partial charge is 1.00 e. The van der Waals surface area contributed by atoms with E-state index in [0.29, 0.717) is 5.82 Å². The number of imidazole rings is 1. The van der Waals surface area contributed by atoms with Crippen molar-refractivity contribution in [3.8, 4) is 0 Å². The number of methoxy groups -OCH3 is 1. The standard InChI is InChI=1S/C9H13N2O2S.BrH/c1-4-11-6-5-10(2)8(11)7(14)9(12)13-3;/h5-6H,4H2,1-3H3;1H/q+1;/p-1. The molecule has 0 aromatic carbocycles. The summed E-state index contributed by atoms with van der Waals surface area (Å²) in [5.74, 6) is 0.235. The second-order valence-electron chi connectivity index (χ2n) is 2.84. The van der Waals surface area contributed by atoms with Crippen LogP contribution in [0.2, 0.25) is 0 Å². The van der Waals surface area contributed by atoms with E-state index in [9.17, 15) is 4.79 Å². The van der Waals surface area contributed by atoms with Gasteiger partial charge in [0.15, 0.2) is 0 Å². The predicted octanol–water partition coefficient (Wildman–Crippen LogP) is -2.77. The minimum Gasteiger partial charge on any atom is -1.00 e. The van der Waals surface area contributed by atoms with E-state index < -0.39 is 5.97 Å². The van der Waals surface area contributed by atoms with E-state index in [1.54, 1.807) is 0 Å². The minimum atomic E-state index is -0.469. The van der Waals surface area contributed by atoms with Gasteiger partial charge in [-0.2, -0.15) is 0 Å². The zero-order valence-corrected chi connectivity index (χ0v) is 11.3. The molecule has 6 heteroatoms. The molecule has 0 aliphatic carbocycles. The Morgan fingerprint density at radius 1 is 1.67 bits per heavy atom. The third-order valence-electron chi connectivity index (χ3n) is 1.99. The Bertz CT molecular complexity index is 376. The van der Waals surface area contributed by atoms with Gasteiger partial charge in [-0.05, 0) is 6.92 Å². The van der Waals surface area contributed by atoms with Gasteiger partial charge in [-0.15, -0.1) is 0 Å². The molecule has 0 spiro atoms. The van der Waals surface area contributed by atoms with Gasteiger partial charge in [0, 0.05) is 0 Å². The lowest BCUT2D eigenvalue weighted by Crippen LogP contribution is -3.00. The van der Waals surface area contributed by atoms with E-state index in [-0.39, 0.29) is 21.8 Å². The molecule has 1 aromatic rings. The van der Waals surface area contributed by atoms with E-state index in [2.05, 4.69) is 4.74 Å². The summed E-state index contributed by atoms with van der Waals surface area (Å²) in [4.78, 5) is 11.5. The van der Waals surface area contributed by atoms with Crippen LogP contribution in [0, 0.1) is 0 Å². The van der Waals surface area contributed by atoms with Crippen LogP contribution in [0.3, 0.4) is 0 Å². The fourth-order valence-electron chi connectivity index (χ4n) is 1.25. The molecule has 0 radical (unpaired) electrons. The Morgan fingerprint density at radius 2 is 2.27 bits per heavy atom. The Morgan fingerprint density at radius 3 is 2.73 bits per heavy atom. The highest BCUT2D eigenvalue weighted by molar-refractivity contribution is 7.82. The van der Waals surface area contributed by atoms with E-state index in [0.717, 1.165) is 6.54 Å². The van der Waals surface area contributed by atoms with Crippen molar-refractivity contribution in [2.75, 3.05) is 7.11 Å². The average molecular weight is 293 g/mol. The van der Waals surface area contributed by atoms with Crippen LogP contribution in [-0.2, 0) is 23.1 Å². The normalized spacial score (nSPS) is 9.27. The van der Waals surface area contributed by atoms with Crippen molar-refractivity contribution < 1.29 is 31.1 Å². The number of aromatic nitrogens is 2. The van der Waals surface area contributed by atoms with Crippen LogP contribution in [0.4, 0.5) is 0 Å². The zero-order chi connectivity index (χ0) is 10.7. The van der Waals surface area contributed by atoms with Crippen LogP contribution in [-0.4, -0.2) is 22.5 Å². The molecule has 0 fully saturated rings. The van der Waals surface area contributed by atoms with Crippen molar-refractivity contribution in [2.45, 2.75) is 13.5 Å². The Hall–Kier alpha value is -0.750. The van der Waals surface area contributed by atoms with Crippen LogP contribution < -0.4 is 21.5 Å². The number of hydrogen-bond acceptors (Lipinski definition) is 3. The maximum atomic E-state index is 11.2. The number of ether oxygens (including phenoxy) is 1. The fourth-order valence-corrected chi connectivity index (χ4v) is 1.60. The second-order valence-corrected chi connectivity index (χ2v) is 3.25. The Kier molecular flexibility index (Phi) is 5.67. The fraction of sp³-hybridized carbons (Fsp3) is 0.444. The second kappa shape index (κ2) is 5.97. The summed E-state index contributed by atoms with van der Waals surface area (Å²) in [5, 5.41) is 0. The number of carbonyl (C=O) groups excluding carboxylic acids is 1. The van der Waals surface area contributed by atoms with Crippen LogP contribution >= 0.6 is 12.2 Å². The van der Waals surface area contributed by atoms with Crippen molar-refractivity contribution >= 4 is 23.1 Å². The number of thiocarbonyl (C=S) groups is 1. The van der Waals surface area contributed by atoms with Gasteiger partial charge >= 0.3 is 11.8 Å². The predicted molar refractivity (Wildman–Crippen MR) is 55.0 cm³/mol. The first-order chi connectivity index (χ1) is 6.61. The van der Waals surface area contributed by atoms with Crippen LogP contribution in [0.1, 0.15) is 12.7 Å². The number of halogens is 1. The maximum absolute atomic E-state index is 11.2. The summed E-state index contributed by atoms with van der Waals surface area (Å²) in [6, 6.07) is 0. The molecule has 4 nitrogen and oxygen atoms in total. The van der Waals surface area contributed by atoms with Gasteiger partial charge in [0.2, 0.25) is 4.86 Å². The molecule has 1 heterocycles. The molecule has 0 aliphatic rings. The van der Waals surface area contributed by atoms with Gasteiger partial charge < -0.3 is 21.7 Å². The number of carbonyl (C=O) groups is 1. The van der Waals surface area contributed by atoms with E-state index in [1.165, 1.54) is 7.11 Å². The van der Waals surface area contributed by atoms with Crippen molar-refractivity contribution in [1.29, 1.82) is 0 Å². The molecule has 0 saturated carbocycles. The summed E-state index contributed by atoms with van der Waals surface area (Å²) in [7, 11) is 3.17. The molecule has 1 rings (SSSR count). The summed E-state index contributed by atoms with van der Waals surface area (Å²) < 4.78 is 8.29. The molecule has 0 atom stereocenters. The summed E-state index contributed by atoms with van der Waals surface area (Å²) in [5.41, 5.74) is 0. The SMILES string of the molecule is CCn1cc[n+](C)c1C(=S)C(=O)OC.[Br-]. The van der Waals surface area contributed by atoms with Crippen molar-refractivity contribution in [3.63, 3.8) is 0 Å². The summed E-state index contributed by atoms with van der Waals surface area (Å²) in [6.45, 7) is 2.76. The first-order valence-corrected chi connectivity index (χ1v) is 4.70. The monoisotopic (exact) mass is 292 g/mol. The molecular formula is C9H13BrN2O2S. The minimum absolute atomic E-state index is 0. The first kappa shape index (κ1) is 14.2. The third kappa shape index (κ3) is 2.85. The molecule has 15 heavy (non-hydrogen) atoms. The van der Waals surface area contributed by atoms with E-state index in [1.807, 2.05) is 35.5 Å². The highest BCUT2D eigenvalue weighted by atomic mass is 79.9. The van der Waals surface area contributed by atoms with Gasteiger partial charge in [0.25, 0.3) is 0 Å². The highest BCUT2D eigenvalue weighted by Gasteiger charge is 2.25. The maximum Gasteiger partial charge on any atom is 0.357 e. The van der Waals surface area contributed by atoms with Crippen molar-refractivity contribution in [3.05, 3.63) is 18.2 Å². The number of nitrogens with zero attached hydrogens (tertiary/aromatic N) is 2. The quantitative estimate of drug-likeness (QED) is 0.262. The van der Waals surface area contributed by atoms with Gasteiger partial charge in [0.05, 0.1) is 20.7 Å². The molecule has 0 N–H and O–H groups in total. The van der Waals surface area contributed by atoms with Crippen LogP contribution in [0.25, 0.3) is 0 Å². The molecule has 0 saturated heterocycles. The zero-order valence-electron chi connectivity index (χ0n) is 8.86. The number of aryl methyl sites for hydroxylation is 2. The number of hydrogen-bond donors (Lipinski definition) is 0. The van der Waals surface area contributed by atoms with Gasteiger partial charge in [-0.25, -0.2) is 13.9 Å². The lowest BCUT2D eigenvalue weighted by atomic mass is 10.4. The molecule has 0 bridgehead atoms. The molecule has 0 aliphatic heterocycles. The Labute approximate surface area is 105 Å². The van der Waals surface area contributed by atoms with Crippen molar-refractivity contribution in [1.82, 2.24) is 4.57 Å². The van der Waals surface area contributed by atoms with Crippen molar-refractivity contribution in [2.24, 2.45) is 7.05 Å². The lowest BCUT2D eigenvalue weighted by Gasteiger charge is -2.00. The molecule has 1 aromatic heterocycles. The number of rotatable bonds is 3. The summed E-state index contributed by atoms with van der Waals surface area (Å²) in [6.07, 6.45) is 3.73. The van der Waals surface area contributed by atoms with Gasteiger partial charge in [0.1, 0.15) is 12.4 Å². The first-order valence-electron chi connectivity index (χ1n) is 4.29. The molecular weight excluding hydrogens is 280 g/mol. The Balaban J connectivity index is 0.00000196. The molecule has 0 amide bonds. The highest BCUT2D eigenvalue weighted by Crippen LogP contribution is 1.99. The average Bonchev–Trinajstić information content (AvgIpc) is 2.57. The lowest BCUT2D eigenvalue weighted by molar-refractivity contribution is -0.672. The van der Waals surface area contributed by atoms with Gasteiger partial charge in [-0.3, -0.25) is 0 Å². The van der Waals surface area contributed by atoms with Crippen LogP contribution in [0.15, 0.2) is 12.4 Å². The van der Waals surface area contributed by atoms with Gasteiger partial charge in [-0.1, -0.05) is 12.2 Å². The third-order valence-corrected chi connectivity index (χ3v) is 2.34. The van der Waals surface area contributed by atoms with E-state index in [4.69, 9.17) is 12.2 Å². The van der Waals surface area contributed by atoms with E-state index >= 15 is 0 Å². The molecule has 0 unspecified atom stereocenters.